The van der Waals surface area contributed by atoms with Gasteiger partial charge in [0.05, 0.1) is 6.10 Å². The van der Waals surface area contributed by atoms with Gasteiger partial charge in [0.2, 0.25) is 0 Å². The van der Waals surface area contributed by atoms with E-state index in [-0.39, 0.29) is 6.10 Å². The molecule has 134 valence electrons. The van der Waals surface area contributed by atoms with Crippen LogP contribution in [0.2, 0.25) is 65.0 Å². The molecule has 0 amide bonds. The van der Waals surface area contributed by atoms with Gasteiger partial charge >= 0.3 is 17.1 Å². The first kappa shape index (κ1) is 22.7. The molecule has 0 aromatic rings. The molecule has 0 saturated carbocycles. The van der Waals surface area contributed by atoms with Crippen LogP contribution in [0.15, 0.2) is 0 Å². The van der Waals surface area contributed by atoms with Crippen LogP contribution in [-0.4, -0.2) is 45.0 Å². The molecule has 2 unspecified atom stereocenters. The van der Waals surface area contributed by atoms with Crippen LogP contribution in [0.3, 0.4) is 0 Å². The minimum Gasteiger partial charge on any atom is -0.437 e. The maximum Gasteiger partial charge on any atom is 0.315 e. The van der Waals surface area contributed by atoms with Gasteiger partial charge in [-0.1, -0.05) is 0 Å². The highest BCUT2D eigenvalue weighted by molar-refractivity contribution is 6.89. The van der Waals surface area contributed by atoms with Crippen molar-refractivity contribution in [3.8, 4) is 0 Å². The van der Waals surface area contributed by atoms with Crippen LogP contribution in [0.5, 0.6) is 0 Å². The average molecular weight is 383 g/mol. The topological polar surface area (TPSA) is 47.9 Å². The van der Waals surface area contributed by atoms with E-state index < -0.39 is 33.8 Å². The number of rotatable bonds is 10. The van der Waals surface area contributed by atoms with Gasteiger partial charge in [0, 0.05) is 0 Å². The lowest BCUT2D eigenvalue weighted by Gasteiger charge is -2.41. The average Bonchev–Trinajstić information content (AvgIpc) is 2.05. The first-order valence-corrected chi connectivity index (χ1v) is 20.5. The molecule has 0 aliphatic rings. The fraction of sp³-hybridized carbons (Fsp3) is 1.00. The third kappa shape index (κ3) is 12.2. The van der Waals surface area contributed by atoms with Crippen LogP contribution in [0.25, 0.3) is 0 Å². The summed E-state index contributed by atoms with van der Waals surface area (Å²) >= 11 is 0. The van der Waals surface area contributed by atoms with Crippen molar-refractivity contribution in [1.29, 1.82) is 0 Å². The summed E-state index contributed by atoms with van der Waals surface area (Å²) in [5.74, 6) is 0. The summed E-state index contributed by atoms with van der Waals surface area (Å²) in [5, 5.41) is 9.50. The molecule has 0 bridgehead atoms. The molecule has 2 atom stereocenters. The van der Waals surface area contributed by atoms with E-state index in [0.29, 0.717) is 0 Å². The summed E-state index contributed by atoms with van der Waals surface area (Å²) in [6, 6.07) is 0.924. The summed E-state index contributed by atoms with van der Waals surface area (Å²) in [6.07, 6.45) is 1.49. The summed E-state index contributed by atoms with van der Waals surface area (Å²) in [5.41, 5.74) is 0. The van der Waals surface area contributed by atoms with Crippen molar-refractivity contribution < 1.29 is 17.5 Å². The summed E-state index contributed by atoms with van der Waals surface area (Å²) in [7, 11) is -7.77. The summed E-state index contributed by atoms with van der Waals surface area (Å²) < 4.78 is 19.4. The molecule has 4 nitrogen and oxygen atoms in total. The lowest BCUT2D eigenvalue weighted by molar-refractivity contribution is 0.182. The molecule has 0 aliphatic carbocycles. The van der Waals surface area contributed by atoms with Gasteiger partial charge in [0.15, 0.2) is 16.6 Å². The van der Waals surface area contributed by atoms with Crippen molar-refractivity contribution in [1.82, 2.24) is 0 Å². The molecule has 0 aliphatic heterocycles. The zero-order valence-corrected chi connectivity index (χ0v) is 20.4. The molecule has 22 heavy (non-hydrogen) atoms. The Morgan fingerprint density at radius 3 is 1.59 bits per heavy atom. The second-order valence-corrected chi connectivity index (χ2v) is 25.3. The minimum atomic E-state index is -2.28. The normalized spacial score (nSPS) is 18.1. The molecule has 0 saturated heterocycles. The second-order valence-electron chi connectivity index (χ2n) is 8.81. The molecule has 8 heteroatoms. The third-order valence-corrected chi connectivity index (χ3v) is 16.3. The molecular formula is C14H38O4Si4. The van der Waals surface area contributed by atoms with Gasteiger partial charge in [0.1, 0.15) is 0 Å². The van der Waals surface area contributed by atoms with Crippen LogP contribution >= 0.6 is 0 Å². The zero-order valence-electron chi connectivity index (χ0n) is 16.4. The third-order valence-electron chi connectivity index (χ3n) is 2.79. The lowest BCUT2D eigenvalue weighted by atomic mass is 10.2. The molecule has 1 N–H and O–H groups in total. The van der Waals surface area contributed by atoms with E-state index in [1.807, 2.05) is 6.92 Å². The maximum atomic E-state index is 9.50. The SMILES string of the molecule is CC(O)CCC[Si](C)(O[Si](C)(C)C)O[Si](C)(C)O[Si](C)(C)C. The molecule has 0 aromatic heterocycles. The zero-order chi connectivity index (χ0) is 17.8. The Morgan fingerprint density at radius 2 is 1.23 bits per heavy atom. The number of hydrogen-bond donors (Lipinski definition) is 1. The second kappa shape index (κ2) is 8.19. The highest BCUT2D eigenvalue weighted by Gasteiger charge is 2.44. The largest absolute Gasteiger partial charge is 0.437 e. The molecule has 0 spiro atoms. The van der Waals surface area contributed by atoms with Gasteiger partial charge in [-0.25, -0.2) is 0 Å². The van der Waals surface area contributed by atoms with Gasteiger partial charge in [-0.15, -0.1) is 0 Å². The molecule has 0 heterocycles. The van der Waals surface area contributed by atoms with E-state index in [1.54, 1.807) is 0 Å². The Kier molecular flexibility index (Phi) is 8.46. The maximum absolute atomic E-state index is 9.50. The minimum absolute atomic E-state index is 0.256. The number of aliphatic hydroxyl groups excluding tert-OH is 1. The highest BCUT2D eigenvalue weighted by atomic mass is 28.5. The molecule has 0 aromatic carbocycles. The van der Waals surface area contributed by atoms with E-state index in [4.69, 9.17) is 12.3 Å². The smallest absolute Gasteiger partial charge is 0.315 e. The van der Waals surface area contributed by atoms with E-state index in [2.05, 4.69) is 58.9 Å². The Morgan fingerprint density at radius 1 is 0.773 bits per heavy atom. The Balaban J connectivity index is 4.98. The Bertz CT molecular complexity index is 337. The van der Waals surface area contributed by atoms with Gasteiger partial charge < -0.3 is 17.5 Å². The van der Waals surface area contributed by atoms with Crippen LogP contribution in [0, 0.1) is 0 Å². The van der Waals surface area contributed by atoms with Crippen molar-refractivity contribution in [2.45, 2.75) is 90.8 Å². The number of aliphatic hydroxyl groups is 1. The first-order valence-electron chi connectivity index (χ1n) is 8.32. The molecular weight excluding hydrogens is 344 g/mol. The van der Waals surface area contributed by atoms with Gasteiger partial charge in [-0.2, -0.15) is 0 Å². The Labute approximate surface area is 142 Å². The van der Waals surface area contributed by atoms with Crippen molar-refractivity contribution in [2.24, 2.45) is 0 Å². The fourth-order valence-electron chi connectivity index (χ4n) is 2.77. The Hall–Kier alpha value is 0.708. The van der Waals surface area contributed by atoms with Crippen LogP contribution in [0.1, 0.15) is 19.8 Å². The number of hydrogen-bond acceptors (Lipinski definition) is 4. The van der Waals surface area contributed by atoms with Crippen LogP contribution < -0.4 is 0 Å². The van der Waals surface area contributed by atoms with E-state index >= 15 is 0 Å². The predicted octanol–water partition coefficient (Wildman–Crippen LogP) is 4.64. The van der Waals surface area contributed by atoms with Crippen LogP contribution in [0.4, 0.5) is 0 Å². The first-order chi connectivity index (χ1) is 9.54. The van der Waals surface area contributed by atoms with Gasteiger partial charge in [-0.3, -0.25) is 0 Å². The van der Waals surface area contributed by atoms with Crippen molar-refractivity contribution in [3.05, 3.63) is 0 Å². The van der Waals surface area contributed by atoms with E-state index in [9.17, 15) is 5.11 Å². The lowest BCUT2D eigenvalue weighted by Crippen LogP contribution is -2.56. The van der Waals surface area contributed by atoms with Crippen LogP contribution in [-0.2, 0) is 12.3 Å². The highest BCUT2D eigenvalue weighted by Crippen LogP contribution is 2.28. The quantitative estimate of drug-likeness (QED) is 0.559. The standard InChI is InChI=1S/C14H38O4Si4/c1-14(15)12-11-13-22(10,17-20(5,6)7)18-21(8,9)16-19(2,3)4/h14-15H,11-13H2,1-10H3. The summed E-state index contributed by atoms with van der Waals surface area (Å²) in [4.78, 5) is 0. The van der Waals surface area contributed by atoms with Crippen molar-refractivity contribution >= 4 is 33.8 Å². The molecule has 0 fully saturated rings. The van der Waals surface area contributed by atoms with E-state index in [0.717, 1.165) is 18.9 Å². The van der Waals surface area contributed by atoms with Gasteiger partial charge in [0.25, 0.3) is 0 Å². The van der Waals surface area contributed by atoms with Crippen molar-refractivity contribution in [2.75, 3.05) is 0 Å². The molecule has 0 radical (unpaired) electrons. The van der Waals surface area contributed by atoms with Gasteiger partial charge in [-0.05, 0) is 84.7 Å². The fourth-order valence-corrected chi connectivity index (χ4v) is 20.8. The predicted molar refractivity (Wildman–Crippen MR) is 105 cm³/mol. The molecule has 0 rings (SSSR count). The van der Waals surface area contributed by atoms with Crippen molar-refractivity contribution in [3.63, 3.8) is 0 Å². The van der Waals surface area contributed by atoms with E-state index in [1.165, 1.54) is 0 Å². The monoisotopic (exact) mass is 382 g/mol. The summed E-state index contributed by atoms with van der Waals surface area (Å²) in [6.45, 7) is 21.5.